The summed E-state index contributed by atoms with van der Waals surface area (Å²) in [6.45, 7) is 2.34. The first-order valence-electron chi connectivity index (χ1n) is 8.92. The molecule has 152 valence electrons. The molecule has 0 saturated carbocycles. The Morgan fingerprint density at radius 3 is 2.14 bits per heavy atom. The molecule has 0 unspecified atom stereocenters. The summed E-state index contributed by atoms with van der Waals surface area (Å²) in [6, 6.07) is 13.7. The predicted molar refractivity (Wildman–Crippen MR) is 108 cm³/mol. The van der Waals surface area contributed by atoms with Crippen molar-refractivity contribution in [2.45, 2.75) is 36.0 Å². The molecule has 0 aliphatic rings. The molecule has 2 aromatic rings. The Hall–Kier alpha value is -2.23. The van der Waals surface area contributed by atoms with Gasteiger partial charge in [0.2, 0.25) is 15.9 Å². The third kappa shape index (κ3) is 6.43. The van der Waals surface area contributed by atoms with E-state index in [9.17, 15) is 21.6 Å². The minimum absolute atomic E-state index is 0.105. The van der Waals surface area contributed by atoms with Crippen molar-refractivity contribution in [1.29, 1.82) is 0 Å². The number of sulfonamides is 1. The van der Waals surface area contributed by atoms with Crippen molar-refractivity contribution in [3.63, 3.8) is 0 Å². The van der Waals surface area contributed by atoms with Gasteiger partial charge in [-0.15, -0.1) is 0 Å². The van der Waals surface area contributed by atoms with Crippen LogP contribution in [0.5, 0.6) is 0 Å². The maximum Gasteiger partial charge on any atom is 0.240 e. The van der Waals surface area contributed by atoms with Crippen LogP contribution in [-0.4, -0.2) is 35.0 Å². The van der Waals surface area contributed by atoms with Crippen molar-refractivity contribution in [1.82, 2.24) is 4.72 Å². The first-order chi connectivity index (χ1) is 13.2. The van der Waals surface area contributed by atoms with E-state index in [2.05, 4.69) is 10.0 Å². The van der Waals surface area contributed by atoms with Crippen LogP contribution in [0.25, 0.3) is 0 Å². The zero-order valence-electron chi connectivity index (χ0n) is 15.6. The summed E-state index contributed by atoms with van der Waals surface area (Å²) >= 11 is 0. The number of rotatable bonds is 10. The largest absolute Gasteiger partial charge is 0.326 e. The summed E-state index contributed by atoms with van der Waals surface area (Å²) in [6.07, 6.45) is 1.43. The van der Waals surface area contributed by atoms with Gasteiger partial charge in [-0.2, -0.15) is 0 Å². The van der Waals surface area contributed by atoms with E-state index in [-0.39, 0.29) is 22.0 Å². The Kier molecular flexibility index (Phi) is 7.73. The van der Waals surface area contributed by atoms with Crippen molar-refractivity contribution in [2.24, 2.45) is 0 Å². The van der Waals surface area contributed by atoms with Gasteiger partial charge >= 0.3 is 0 Å². The van der Waals surface area contributed by atoms with Gasteiger partial charge in [0.25, 0.3) is 0 Å². The van der Waals surface area contributed by atoms with Crippen LogP contribution in [0.4, 0.5) is 5.69 Å². The molecule has 0 fully saturated rings. The molecule has 0 saturated heterocycles. The van der Waals surface area contributed by atoms with Crippen molar-refractivity contribution < 1.29 is 21.6 Å². The molecular weight excluding hydrogens is 400 g/mol. The molecule has 2 N–H and O–H groups in total. The van der Waals surface area contributed by atoms with E-state index in [1.807, 2.05) is 6.92 Å². The molecular formula is C19H24N2O5S2. The second-order valence-electron chi connectivity index (χ2n) is 6.21. The summed E-state index contributed by atoms with van der Waals surface area (Å²) in [4.78, 5) is 12.3. The first-order valence-corrected chi connectivity index (χ1v) is 12.1. The standard InChI is InChI=1S/C19H24N2O5S2/c1-2-3-14-20-28(25,26)18-11-9-16(10-12-18)21-19(22)13-15-27(23,24)17-7-5-4-6-8-17/h4-12,20H,2-3,13-15H2,1H3,(H,21,22). The molecule has 0 spiro atoms. The number of nitrogens with one attached hydrogen (secondary N) is 2. The highest BCUT2D eigenvalue weighted by Crippen LogP contribution is 2.15. The van der Waals surface area contributed by atoms with Crippen molar-refractivity contribution in [3.05, 3.63) is 54.6 Å². The second-order valence-corrected chi connectivity index (χ2v) is 10.1. The van der Waals surface area contributed by atoms with Gasteiger partial charge in [-0.3, -0.25) is 4.79 Å². The van der Waals surface area contributed by atoms with Gasteiger partial charge in [-0.05, 0) is 42.8 Å². The number of benzene rings is 2. The summed E-state index contributed by atoms with van der Waals surface area (Å²) in [5.41, 5.74) is 0.398. The zero-order valence-corrected chi connectivity index (χ0v) is 17.2. The van der Waals surface area contributed by atoms with Gasteiger partial charge < -0.3 is 5.32 Å². The summed E-state index contributed by atoms with van der Waals surface area (Å²) in [5, 5.41) is 2.58. The van der Waals surface area contributed by atoms with Crippen LogP contribution in [0, 0.1) is 0 Å². The Balaban J connectivity index is 1.92. The molecule has 9 heteroatoms. The number of anilines is 1. The predicted octanol–water partition coefficient (Wildman–Crippen LogP) is 2.57. The molecule has 0 bridgehead atoms. The lowest BCUT2D eigenvalue weighted by Crippen LogP contribution is -2.24. The van der Waals surface area contributed by atoms with Gasteiger partial charge in [0.15, 0.2) is 9.84 Å². The van der Waals surface area contributed by atoms with E-state index in [1.54, 1.807) is 18.2 Å². The molecule has 7 nitrogen and oxygen atoms in total. The van der Waals surface area contributed by atoms with Gasteiger partial charge in [0.1, 0.15) is 0 Å². The topological polar surface area (TPSA) is 109 Å². The fourth-order valence-corrected chi connectivity index (χ4v) is 4.72. The number of sulfone groups is 1. The van der Waals surface area contributed by atoms with Crippen LogP contribution in [0.2, 0.25) is 0 Å². The second kappa shape index (κ2) is 9.81. The number of unbranched alkanes of at least 4 members (excludes halogenated alkanes) is 1. The lowest BCUT2D eigenvalue weighted by molar-refractivity contribution is -0.115. The average Bonchev–Trinajstić information content (AvgIpc) is 2.68. The lowest BCUT2D eigenvalue weighted by atomic mass is 10.3. The van der Waals surface area contributed by atoms with Crippen LogP contribution in [0.1, 0.15) is 26.2 Å². The number of amides is 1. The smallest absolute Gasteiger partial charge is 0.240 e. The third-order valence-electron chi connectivity index (χ3n) is 3.97. The SMILES string of the molecule is CCCCNS(=O)(=O)c1ccc(NC(=O)CCS(=O)(=O)c2ccccc2)cc1. The van der Waals surface area contributed by atoms with Crippen molar-refractivity contribution in [2.75, 3.05) is 17.6 Å². The van der Waals surface area contributed by atoms with Crippen molar-refractivity contribution >= 4 is 31.5 Å². The van der Waals surface area contributed by atoms with E-state index in [1.165, 1.54) is 36.4 Å². The summed E-state index contributed by atoms with van der Waals surface area (Å²) in [5.74, 6) is -0.771. The fraction of sp³-hybridized carbons (Fsp3) is 0.316. The Bertz CT molecular complexity index is 986. The summed E-state index contributed by atoms with van der Waals surface area (Å²) < 4.78 is 51.1. The van der Waals surface area contributed by atoms with E-state index in [0.29, 0.717) is 12.2 Å². The number of carbonyl (C=O) groups excluding carboxylic acids is 1. The molecule has 0 aliphatic heterocycles. The number of hydrogen-bond acceptors (Lipinski definition) is 5. The van der Waals surface area contributed by atoms with Gasteiger partial charge in [0, 0.05) is 18.7 Å². The van der Waals surface area contributed by atoms with Crippen LogP contribution in [0.15, 0.2) is 64.4 Å². The normalized spacial score (nSPS) is 11.9. The minimum atomic E-state index is -3.58. The van der Waals surface area contributed by atoms with E-state index in [4.69, 9.17) is 0 Å². The van der Waals surface area contributed by atoms with Crippen molar-refractivity contribution in [3.8, 4) is 0 Å². The molecule has 2 rings (SSSR count). The number of carbonyl (C=O) groups is 1. The maximum atomic E-state index is 12.2. The molecule has 0 aromatic heterocycles. The maximum absolute atomic E-state index is 12.2. The molecule has 2 aromatic carbocycles. The highest BCUT2D eigenvalue weighted by molar-refractivity contribution is 7.91. The molecule has 0 heterocycles. The summed E-state index contributed by atoms with van der Waals surface area (Å²) in [7, 11) is -7.11. The van der Waals surface area contributed by atoms with Crippen LogP contribution >= 0.6 is 0 Å². The number of hydrogen-bond donors (Lipinski definition) is 2. The van der Waals surface area contributed by atoms with E-state index in [0.717, 1.165) is 12.8 Å². The molecule has 1 amide bonds. The first kappa shape index (κ1) is 22.1. The Labute approximate surface area is 166 Å². The van der Waals surface area contributed by atoms with E-state index >= 15 is 0 Å². The van der Waals surface area contributed by atoms with Crippen LogP contribution in [-0.2, 0) is 24.7 Å². The highest BCUT2D eigenvalue weighted by atomic mass is 32.2. The van der Waals surface area contributed by atoms with Gasteiger partial charge in [-0.25, -0.2) is 21.6 Å². The average molecular weight is 425 g/mol. The Morgan fingerprint density at radius 1 is 0.893 bits per heavy atom. The fourth-order valence-electron chi connectivity index (χ4n) is 2.38. The van der Waals surface area contributed by atoms with E-state index < -0.39 is 25.8 Å². The molecule has 0 atom stereocenters. The third-order valence-corrected chi connectivity index (χ3v) is 7.18. The molecule has 28 heavy (non-hydrogen) atoms. The minimum Gasteiger partial charge on any atom is -0.326 e. The molecule has 0 radical (unpaired) electrons. The monoisotopic (exact) mass is 424 g/mol. The van der Waals surface area contributed by atoms with Gasteiger partial charge in [0.05, 0.1) is 15.5 Å². The van der Waals surface area contributed by atoms with Crippen LogP contribution < -0.4 is 10.0 Å². The van der Waals surface area contributed by atoms with Gasteiger partial charge in [-0.1, -0.05) is 31.5 Å². The lowest BCUT2D eigenvalue weighted by Gasteiger charge is -2.09. The molecule has 0 aliphatic carbocycles. The Morgan fingerprint density at radius 2 is 1.54 bits per heavy atom. The van der Waals surface area contributed by atoms with Crippen LogP contribution in [0.3, 0.4) is 0 Å². The quantitative estimate of drug-likeness (QED) is 0.570. The zero-order chi connectivity index (χ0) is 20.6. The highest BCUT2D eigenvalue weighted by Gasteiger charge is 2.17.